The minimum Gasteiger partial charge on any atom is -0.462 e. The van der Waals surface area contributed by atoms with Gasteiger partial charge >= 0.3 is 29.8 Å². The zero-order valence-electron chi connectivity index (χ0n) is 26.0. The van der Waals surface area contributed by atoms with Crippen molar-refractivity contribution in [2.75, 3.05) is 6.61 Å². The maximum absolute atomic E-state index is 13.1. The number of allylic oxidation sites excluding steroid dienone is 1. The standard InChI is InChI=1S/C31H41ClO12/c1-14(2)11-23(36)43-22-12-21(41-18(6)34)29(8)20(40-17(5)33)10-9-15(3)24(32)26-31(38,16(4)28(37)44-26)27(42-19(7)35)25(29)30(22)13-39-30/h9-10,14,16,20-22,24-27,38H,3,11-13H2,1-2,4-8H3/b10-9-/t16-,20-,21-,22+,24-,25+,26-,27-,29-,30+,31-/m0/s1. The Balaban J connectivity index is 2.06. The van der Waals surface area contributed by atoms with Crippen LogP contribution in [0.25, 0.3) is 0 Å². The van der Waals surface area contributed by atoms with Gasteiger partial charge in [0.1, 0.15) is 30.0 Å². The number of carbonyl (C=O) groups excluding carboxylic acids is 5. The first-order valence-electron chi connectivity index (χ1n) is 14.7. The molecular weight excluding hydrogens is 600 g/mol. The first-order chi connectivity index (χ1) is 20.4. The Labute approximate surface area is 261 Å². The minimum atomic E-state index is -2.29. The predicted octanol–water partition coefficient (Wildman–Crippen LogP) is 2.56. The Morgan fingerprint density at radius 3 is 2.18 bits per heavy atom. The van der Waals surface area contributed by atoms with E-state index in [-0.39, 0.29) is 30.9 Å². The van der Waals surface area contributed by atoms with Gasteiger partial charge in [0.25, 0.3) is 0 Å². The lowest BCUT2D eigenvalue weighted by Gasteiger charge is -2.57. The van der Waals surface area contributed by atoms with Gasteiger partial charge in [-0.05, 0) is 24.5 Å². The van der Waals surface area contributed by atoms with E-state index in [9.17, 15) is 29.1 Å². The molecule has 44 heavy (non-hydrogen) atoms. The highest BCUT2D eigenvalue weighted by atomic mass is 35.5. The van der Waals surface area contributed by atoms with Crippen molar-refractivity contribution in [3.63, 3.8) is 0 Å². The number of hydrogen-bond donors (Lipinski definition) is 1. The molecule has 12 nitrogen and oxygen atoms in total. The fourth-order valence-corrected chi connectivity index (χ4v) is 7.47. The van der Waals surface area contributed by atoms with E-state index in [0.29, 0.717) is 0 Å². The minimum absolute atomic E-state index is 0.0190. The van der Waals surface area contributed by atoms with Crippen LogP contribution < -0.4 is 0 Å². The molecule has 2 aliphatic carbocycles. The summed E-state index contributed by atoms with van der Waals surface area (Å²) in [6, 6.07) is 0. The van der Waals surface area contributed by atoms with Crippen molar-refractivity contribution in [3.05, 3.63) is 24.3 Å². The number of halogens is 1. The molecule has 1 saturated carbocycles. The molecular formula is C31H41ClO12. The molecule has 2 heterocycles. The SMILES string of the molecule is C=C1/C=C\[C@H](OC(C)=O)[C@@]2(C)[C@@H](OC(C)=O)C[C@@H](OC(=O)CC(C)C)[C@]3(CO3)[C@@H]2[C@H](OC(C)=O)[C@]2(O)[C@@H](C)C(=O)O[C@H]2[C@H]1Cl. The third kappa shape index (κ3) is 5.76. The molecule has 0 radical (unpaired) electrons. The van der Waals surface area contributed by atoms with Crippen molar-refractivity contribution in [3.8, 4) is 0 Å². The molecule has 0 amide bonds. The smallest absolute Gasteiger partial charge is 0.312 e. The number of hydrogen-bond acceptors (Lipinski definition) is 12. The summed E-state index contributed by atoms with van der Waals surface area (Å²) in [4.78, 5) is 64.0. The molecule has 4 rings (SSSR count). The van der Waals surface area contributed by atoms with Gasteiger partial charge in [0.05, 0.1) is 23.3 Å². The number of esters is 5. The van der Waals surface area contributed by atoms with E-state index in [2.05, 4.69) is 6.58 Å². The Hall–Kier alpha value is -2.96. The lowest BCUT2D eigenvalue weighted by atomic mass is 9.52. The second-order valence-electron chi connectivity index (χ2n) is 12.9. The van der Waals surface area contributed by atoms with Crippen LogP contribution in [0.2, 0.25) is 0 Å². The van der Waals surface area contributed by atoms with Gasteiger partial charge < -0.3 is 33.5 Å². The molecule has 0 aromatic rings. The molecule has 0 aromatic heterocycles. The number of rotatable bonds is 6. The molecule has 0 unspecified atom stereocenters. The largest absolute Gasteiger partial charge is 0.462 e. The average molecular weight is 641 g/mol. The van der Waals surface area contributed by atoms with Crippen LogP contribution in [0.4, 0.5) is 0 Å². The van der Waals surface area contributed by atoms with Crippen LogP contribution in [0.3, 0.4) is 0 Å². The number of ether oxygens (including phenoxy) is 6. The quantitative estimate of drug-likeness (QED) is 0.196. The lowest BCUT2D eigenvalue weighted by molar-refractivity contribution is -0.254. The summed E-state index contributed by atoms with van der Waals surface area (Å²) >= 11 is 6.78. The molecule has 244 valence electrons. The molecule has 0 bridgehead atoms. The van der Waals surface area contributed by atoms with Crippen molar-refractivity contribution in [1.29, 1.82) is 0 Å². The molecule has 4 aliphatic rings. The third-order valence-corrected chi connectivity index (χ3v) is 9.82. The average Bonchev–Trinajstić information content (AvgIpc) is 3.65. The lowest BCUT2D eigenvalue weighted by Crippen LogP contribution is -2.72. The number of epoxide rings is 1. The molecule has 1 N–H and O–H groups in total. The molecule has 2 saturated heterocycles. The summed E-state index contributed by atoms with van der Waals surface area (Å²) in [6.45, 7) is 14.3. The Bertz CT molecular complexity index is 1260. The summed E-state index contributed by atoms with van der Waals surface area (Å²) in [6.07, 6.45) is -3.46. The van der Waals surface area contributed by atoms with E-state index < -0.39 is 94.2 Å². The van der Waals surface area contributed by atoms with Crippen molar-refractivity contribution in [1.82, 2.24) is 0 Å². The van der Waals surface area contributed by atoms with Gasteiger partial charge in [-0.2, -0.15) is 0 Å². The van der Waals surface area contributed by atoms with Gasteiger partial charge in [-0.1, -0.05) is 33.4 Å². The van der Waals surface area contributed by atoms with E-state index in [1.165, 1.54) is 32.9 Å². The topological polar surface area (TPSA) is 164 Å². The maximum Gasteiger partial charge on any atom is 0.312 e. The second kappa shape index (κ2) is 12.1. The number of alkyl halides is 1. The van der Waals surface area contributed by atoms with Crippen LogP contribution >= 0.6 is 11.6 Å². The van der Waals surface area contributed by atoms with Crippen molar-refractivity contribution in [2.24, 2.45) is 23.2 Å². The van der Waals surface area contributed by atoms with E-state index in [4.69, 9.17) is 40.0 Å². The molecule has 11 atom stereocenters. The van der Waals surface area contributed by atoms with Crippen LogP contribution in [0.15, 0.2) is 24.3 Å². The Morgan fingerprint density at radius 2 is 1.66 bits per heavy atom. The van der Waals surface area contributed by atoms with E-state index in [0.717, 1.165) is 6.92 Å². The first kappa shape index (κ1) is 33.9. The zero-order valence-corrected chi connectivity index (χ0v) is 26.8. The van der Waals surface area contributed by atoms with Gasteiger partial charge in [-0.15, -0.1) is 11.6 Å². The fraction of sp³-hybridized carbons (Fsp3) is 0.710. The molecule has 0 aromatic carbocycles. The molecule has 2 aliphatic heterocycles. The molecule has 13 heteroatoms. The van der Waals surface area contributed by atoms with Crippen molar-refractivity contribution < 1.29 is 57.5 Å². The predicted molar refractivity (Wildman–Crippen MR) is 153 cm³/mol. The van der Waals surface area contributed by atoms with Gasteiger partial charge in [0.15, 0.2) is 11.7 Å². The highest BCUT2D eigenvalue weighted by molar-refractivity contribution is 6.23. The Kier molecular flexibility index (Phi) is 9.32. The van der Waals surface area contributed by atoms with Crippen molar-refractivity contribution in [2.45, 2.75) is 108 Å². The van der Waals surface area contributed by atoms with Gasteiger partial charge in [0.2, 0.25) is 0 Å². The summed E-state index contributed by atoms with van der Waals surface area (Å²) in [7, 11) is 0. The highest BCUT2D eigenvalue weighted by Crippen LogP contribution is 2.63. The van der Waals surface area contributed by atoms with Gasteiger partial charge in [0, 0.05) is 39.5 Å². The van der Waals surface area contributed by atoms with E-state index in [1.807, 2.05) is 13.8 Å². The summed E-state index contributed by atoms with van der Waals surface area (Å²) in [5.41, 5.74) is -5.03. The normalized spacial score (nSPS) is 42.0. The molecule has 1 spiro atoms. The number of aliphatic hydroxyl groups is 1. The summed E-state index contributed by atoms with van der Waals surface area (Å²) in [5.74, 6) is -6.06. The van der Waals surface area contributed by atoms with E-state index in [1.54, 1.807) is 6.92 Å². The van der Waals surface area contributed by atoms with Gasteiger partial charge in [-0.25, -0.2) is 0 Å². The Morgan fingerprint density at radius 1 is 1.07 bits per heavy atom. The van der Waals surface area contributed by atoms with Crippen LogP contribution in [0.5, 0.6) is 0 Å². The van der Waals surface area contributed by atoms with Crippen LogP contribution in [-0.2, 0) is 52.4 Å². The van der Waals surface area contributed by atoms with Gasteiger partial charge in [-0.3, -0.25) is 24.0 Å². The number of fused-ring (bicyclic) bond motifs is 3. The zero-order chi connectivity index (χ0) is 32.9. The third-order valence-electron chi connectivity index (χ3n) is 9.31. The maximum atomic E-state index is 13.1. The van der Waals surface area contributed by atoms with Crippen LogP contribution in [0.1, 0.15) is 61.3 Å². The summed E-state index contributed by atoms with van der Waals surface area (Å²) in [5, 5.41) is 11.5. The monoisotopic (exact) mass is 640 g/mol. The first-order valence-corrected chi connectivity index (χ1v) is 15.1. The second-order valence-corrected chi connectivity index (χ2v) is 13.3. The van der Waals surface area contributed by atoms with Crippen molar-refractivity contribution >= 4 is 41.4 Å². The number of carbonyl (C=O) groups is 5. The van der Waals surface area contributed by atoms with E-state index >= 15 is 0 Å². The fourth-order valence-electron chi connectivity index (χ4n) is 7.15. The van der Waals surface area contributed by atoms with Crippen LogP contribution in [0, 0.1) is 23.2 Å². The highest BCUT2D eigenvalue weighted by Gasteiger charge is 2.78. The van der Waals surface area contributed by atoms with Crippen LogP contribution in [-0.4, -0.2) is 88.7 Å². The molecule has 3 fully saturated rings. The summed E-state index contributed by atoms with van der Waals surface area (Å²) < 4.78 is 35.4.